The van der Waals surface area contributed by atoms with Crippen LogP contribution in [0, 0.1) is 0 Å². The molecule has 0 aromatic carbocycles. The van der Waals surface area contributed by atoms with E-state index in [1.807, 2.05) is 0 Å². The molecule has 0 aliphatic carbocycles. The molecule has 0 radical (unpaired) electrons. The number of rotatable bonds is 12. The van der Waals surface area contributed by atoms with Crippen molar-refractivity contribution in [1.82, 2.24) is 10.6 Å². The van der Waals surface area contributed by atoms with E-state index in [1.165, 1.54) is 0 Å². The summed E-state index contributed by atoms with van der Waals surface area (Å²) in [6, 6.07) is -1.61. The molecule has 3 amide bonds. The molecule has 2 atom stereocenters. The van der Waals surface area contributed by atoms with Gasteiger partial charge in [0.05, 0.1) is 6.04 Å². The Morgan fingerprint density at radius 3 is 2.21 bits per heavy atom. The number of carbonyl (C=O) groups is 3. The van der Waals surface area contributed by atoms with Gasteiger partial charge in [-0.2, -0.15) is 0 Å². The highest BCUT2D eigenvalue weighted by atomic mass is 16.6. The van der Waals surface area contributed by atoms with Crippen molar-refractivity contribution in [1.29, 1.82) is 0 Å². The normalized spacial score (nSPS) is 13.1. The van der Waals surface area contributed by atoms with Gasteiger partial charge in [0.1, 0.15) is 11.6 Å². The fraction of sp³-hybridized carbons (Fsp3) is 0.765. The number of nitrogens with two attached hydrogens (primary N) is 4. The van der Waals surface area contributed by atoms with Gasteiger partial charge in [-0.3, -0.25) is 14.6 Å². The summed E-state index contributed by atoms with van der Waals surface area (Å²) >= 11 is 0. The van der Waals surface area contributed by atoms with Crippen LogP contribution in [0.3, 0.4) is 0 Å². The molecule has 0 bridgehead atoms. The minimum Gasteiger partial charge on any atom is -0.444 e. The quantitative estimate of drug-likeness (QED) is 0.137. The standard InChI is InChI=1S/C17H35N7O4/c1-17(2,3)28-16(27)23-9-5-4-8-12(13(19)25)24-14(26)11(18)7-6-10-22-15(20)21/h11-12H,4-10,18H2,1-3H3,(H2,19,25)(H,23,27)(H,24,26)(H4,20,21,22)/t11-,12-/m0/s1. The van der Waals surface area contributed by atoms with E-state index in [9.17, 15) is 14.4 Å². The Labute approximate surface area is 166 Å². The second-order valence-corrected chi connectivity index (χ2v) is 7.44. The zero-order valence-electron chi connectivity index (χ0n) is 17.0. The molecule has 0 aliphatic heterocycles. The topological polar surface area (TPSA) is 201 Å². The van der Waals surface area contributed by atoms with Crippen LogP contribution in [0.25, 0.3) is 0 Å². The Bertz CT molecular complexity index is 542. The predicted octanol–water partition coefficient (Wildman–Crippen LogP) is -0.968. The largest absolute Gasteiger partial charge is 0.444 e. The second kappa shape index (κ2) is 12.8. The van der Waals surface area contributed by atoms with Crippen LogP contribution in [0.15, 0.2) is 4.99 Å². The van der Waals surface area contributed by atoms with E-state index >= 15 is 0 Å². The SMILES string of the molecule is CC(C)(C)OC(=O)NCCCC[C@H](NC(=O)[C@@H](N)CCCN=C(N)N)C(N)=O. The lowest BCUT2D eigenvalue weighted by atomic mass is 10.1. The van der Waals surface area contributed by atoms with Crippen molar-refractivity contribution in [2.75, 3.05) is 13.1 Å². The van der Waals surface area contributed by atoms with Crippen molar-refractivity contribution in [2.24, 2.45) is 27.9 Å². The Morgan fingerprint density at radius 2 is 1.68 bits per heavy atom. The van der Waals surface area contributed by atoms with Crippen LogP contribution in [-0.2, 0) is 14.3 Å². The molecule has 0 saturated heterocycles. The summed E-state index contributed by atoms with van der Waals surface area (Å²) < 4.78 is 5.12. The van der Waals surface area contributed by atoms with E-state index in [0.29, 0.717) is 45.2 Å². The second-order valence-electron chi connectivity index (χ2n) is 7.44. The lowest BCUT2D eigenvalue weighted by Crippen LogP contribution is -2.50. The molecule has 0 aliphatic rings. The number of carbonyl (C=O) groups excluding carboxylic acids is 3. The Morgan fingerprint density at radius 1 is 1.04 bits per heavy atom. The minimum absolute atomic E-state index is 0.0204. The highest BCUT2D eigenvalue weighted by Gasteiger charge is 2.21. The van der Waals surface area contributed by atoms with Crippen molar-refractivity contribution in [3.8, 4) is 0 Å². The first kappa shape index (κ1) is 25.4. The number of guanidine groups is 1. The number of unbranched alkanes of at least 4 members (excludes halogenated alkanes) is 1. The van der Waals surface area contributed by atoms with Gasteiger partial charge in [-0.25, -0.2) is 4.79 Å². The number of hydrogen-bond donors (Lipinski definition) is 6. The van der Waals surface area contributed by atoms with Gasteiger partial charge in [-0.05, 0) is 52.9 Å². The molecular weight excluding hydrogens is 366 g/mol. The van der Waals surface area contributed by atoms with Gasteiger partial charge in [-0.15, -0.1) is 0 Å². The first-order valence-electron chi connectivity index (χ1n) is 9.30. The smallest absolute Gasteiger partial charge is 0.407 e. The number of ether oxygens (including phenoxy) is 1. The van der Waals surface area contributed by atoms with Gasteiger partial charge in [0.25, 0.3) is 0 Å². The monoisotopic (exact) mass is 401 g/mol. The molecule has 0 heterocycles. The third kappa shape index (κ3) is 13.6. The molecule has 162 valence electrons. The molecular formula is C17H35N7O4. The van der Waals surface area contributed by atoms with Crippen molar-refractivity contribution in [3.63, 3.8) is 0 Å². The van der Waals surface area contributed by atoms with Gasteiger partial charge in [0, 0.05) is 13.1 Å². The molecule has 28 heavy (non-hydrogen) atoms. The summed E-state index contributed by atoms with van der Waals surface area (Å²) in [6.07, 6.45) is 1.92. The molecule has 0 saturated carbocycles. The van der Waals surface area contributed by atoms with Crippen LogP contribution in [0.2, 0.25) is 0 Å². The molecule has 11 heteroatoms. The number of hydrogen-bond acceptors (Lipinski definition) is 6. The van der Waals surface area contributed by atoms with Crippen LogP contribution in [0.4, 0.5) is 4.79 Å². The zero-order chi connectivity index (χ0) is 21.7. The first-order chi connectivity index (χ1) is 12.9. The number of nitrogens with zero attached hydrogens (tertiary/aromatic N) is 1. The maximum Gasteiger partial charge on any atom is 0.407 e. The fourth-order valence-electron chi connectivity index (χ4n) is 2.19. The first-order valence-corrected chi connectivity index (χ1v) is 9.30. The lowest BCUT2D eigenvalue weighted by Gasteiger charge is -2.20. The highest BCUT2D eigenvalue weighted by Crippen LogP contribution is 2.07. The molecule has 0 aromatic heterocycles. The maximum absolute atomic E-state index is 12.1. The fourth-order valence-corrected chi connectivity index (χ4v) is 2.19. The van der Waals surface area contributed by atoms with Crippen molar-refractivity contribution in [2.45, 2.75) is 70.6 Å². The maximum atomic E-state index is 12.1. The summed E-state index contributed by atoms with van der Waals surface area (Å²) in [4.78, 5) is 39.0. The van der Waals surface area contributed by atoms with E-state index in [0.717, 1.165) is 0 Å². The van der Waals surface area contributed by atoms with Crippen LogP contribution in [0.1, 0.15) is 52.9 Å². The number of alkyl carbamates (subject to hydrolysis) is 1. The third-order valence-corrected chi connectivity index (χ3v) is 3.55. The molecule has 0 fully saturated rings. The van der Waals surface area contributed by atoms with Crippen LogP contribution >= 0.6 is 0 Å². The van der Waals surface area contributed by atoms with Gasteiger partial charge in [0.15, 0.2) is 5.96 Å². The molecule has 0 spiro atoms. The number of amides is 3. The Hall–Kier alpha value is -2.56. The Kier molecular flexibility index (Phi) is 11.6. The van der Waals surface area contributed by atoms with Crippen LogP contribution < -0.4 is 33.6 Å². The summed E-state index contributed by atoms with van der Waals surface area (Å²) in [6.45, 7) is 6.08. The van der Waals surface area contributed by atoms with E-state index in [-0.39, 0.29) is 5.96 Å². The van der Waals surface area contributed by atoms with Crippen LogP contribution in [-0.4, -0.2) is 54.6 Å². The summed E-state index contributed by atoms with van der Waals surface area (Å²) in [5, 5.41) is 5.19. The summed E-state index contributed by atoms with van der Waals surface area (Å²) in [5.41, 5.74) is 21.0. The average molecular weight is 402 g/mol. The molecule has 10 N–H and O–H groups in total. The third-order valence-electron chi connectivity index (χ3n) is 3.55. The predicted molar refractivity (Wildman–Crippen MR) is 107 cm³/mol. The number of aliphatic imine (C=N–C) groups is 1. The van der Waals surface area contributed by atoms with Crippen molar-refractivity contribution in [3.05, 3.63) is 0 Å². The minimum atomic E-state index is -0.821. The van der Waals surface area contributed by atoms with Crippen molar-refractivity contribution >= 4 is 23.9 Å². The van der Waals surface area contributed by atoms with E-state index in [2.05, 4.69) is 15.6 Å². The summed E-state index contributed by atoms with van der Waals surface area (Å²) in [5.74, 6) is -1.12. The van der Waals surface area contributed by atoms with Crippen molar-refractivity contribution < 1.29 is 19.1 Å². The average Bonchev–Trinajstić information content (AvgIpc) is 2.54. The zero-order valence-corrected chi connectivity index (χ0v) is 17.0. The van der Waals surface area contributed by atoms with E-state index < -0.39 is 35.6 Å². The lowest BCUT2D eigenvalue weighted by molar-refractivity contribution is -0.128. The van der Waals surface area contributed by atoms with E-state index in [4.69, 9.17) is 27.7 Å². The van der Waals surface area contributed by atoms with E-state index in [1.54, 1.807) is 20.8 Å². The molecule has 0 aromatic rings. The summed E-state index contributed by atoms with van der Waals surface area (Å²) in [7, 11) is 0. The number of primary amides is 1. The molecule has 11 nitrogen and oxygen atoms in total. The molecule has 0 rings (SSSR count). The van der Waals surface area contributed by atoms with Gasteiger partial charge in [0.2, 0.25) is 11.8 Å². The van der Waals surface area contributed by atoms with Gasteiger partial charge < -0.3 is 38.3 Å². The highest BCUT2D eigenvalue weighted by molar-refractivity contribution is 5.88. The number of nitrogens with one attached hydrogen (secondary N) is 2. The van der Waals surface area contributed by atoms with Gasteiger partial charge >= 0.3 is 6.09 Å². The van der Waals surface area contributed by atoms with Gasteiger partial charge in [-0.1, -0.05) is 0 Å². The Balaban J connectivity index is 4.17. The van der Waals surface area contributed by atoms with Crippen LogP contribution in [0.5, 0.6) is 0 Å². The molecule has 0 unspecified atom stereocenters.